The van der Waals surface area contributed by atoms with E-state index in [2.05, 4.69) is 17.6 Å². The summed E-state index contributed by atoms with van der Waals surface area (Å²) in [6.07, 6.45) is 2.08. The molecule has 0 radical (unpaired) electrons. The standard InChI is InChI=1S/C13H21N3O/c1-4-5-10-14-13(17)15-11-8-6-7-9-12(11)16(2)3/h6-9H,4-5,10H2,1-3H3,(H2,14,15,17). The Bertz CT molecular complexity index is 363. The van der Waals surface area contributed by atoms with Gasteiger partial charge in [-0.1, -0.05) is 25.5 Å². The van der Waals surface area contributed by atoms with E-state index in [1.54, 1.807) is 0 Å². The van der Waals surface area contributed by atoms with E-state index in [1.165, 1.54) is 0 Å². The maximum absolute atomic E-state index is 11.6. The van der Waals surface area contributed by atoms with Gasteiger partial charge in [0.2, 0.25) is 0 Å². The molecule has 1 aromatic carbocycles. The Balaban J connectivity index is 2.58. The maximum Gasteiger partial charge on any atom is 0.319 e. The molecule has 0 spiro atoms. The molecule has 2 N–H and O–H groups in total. The van der Waals surface area contributed by atoms with Crippen molar-refractivity contribution >= 4 is 17.4 Å². The summed E-state index contributed by atoms with van der Waals surface area (Å²) in [4.78, 5) is 13.6. The van der Waals surface area contributed by atoms with Gasteiger partial charge in [-0.2, -0.15) is 0 Å². The van der Waals surface area contributed by atoms with E-state index in [0.29, 0.717) is 6.54 Å². The van der Waals surface area contributed by atoms with Crippen molar-refractivity contribution in [2.24, 2.45) is 0 Å². The molecule has 0 unspecified atom stereocenters. The van der Waals surface area contributed by atoms with Crippen LogP contribution in [0.3, 0.4) is 0 Å². The van der Waals surface area contributed by atoms with Gasteiger partial charge in [0, 0.05) is 20.6 Å². The van der Waals surface area contributed by atoms with Crippen molar-refractivity contribution in [3.05, 3.63) is 24.3 Å². The normalized spacial score (nSPS) is 9.82. The summed E-state index contributed by atoms with van der Waals surface area (Å²) >= 11 is 0. The van der Waals surface area contributed by atoms with Gasteiger partial charge in [-0.3, -0.25) is 0 Å². The third-order valence-corrected chi connectivity index (χ3v) is 2.45. The van der Waals surface area contributed by atoms with Crippen molar-refractivity contribution in [3.63, 3.8) is 0 Å². The number of nitrogens with one attached hydrogen (secondary N) is 2. The number of unbranched alkanes of at least 4 members (excludes halogenated alkanes) is 1. The van der Waals surface area contributed by atoms with Crippen molar-refractivity contribution in [2.75, 3.05) is 30.9 Å². The largest absolute Gasteiger partial charge is 0.376 e. The average Bonchev–Trinajstić information content (AvgIpc) is 2.29. The van der Waals surface area contributed by atoms with Gasteiger partial charge >= 0.3 is 6.03 Å². The Kier molecular flexibility index (Phi) is 5.33. The molecule has 0 aromatic heterocycles. The Hall–Kier alpha value is -1.71. The number of benzene rings is 1. The van der Waals surface area contributed by atoms with Gasteiger partial charge in [0.1, 0.15) is 0 Å². The lowest BCUT2D eigenvalue weighted by molar-refractivity contribution is 0.252. The Morgan fingerprint density at radius 1 is 1.29 bits per heavy atom. The number of anilines is 2. The van der Waals surface area contributed by atoms with E-state index in [4.69, 9.17) is 0 Å². The molecule has 0 aliphatic heterocycles. The number of carbonyl (C=O) groups is 1. The fourth-order valence-electron chi connectivity index (χ4n) is 1.51. The van der Waals surface area contributed by atoms with Gasteiger partial charge in [-0.25, -0.2) is 4.79 Å². The number of nitrogens with zero attached hydrogens (tertiary/aromatic N) is 1. The van der Waals surface area contributed by atoms with Crippen LogP contribution in [0.15, 0.2) is 24.3 Å². The van der Waals surface area contributed by atoms with E-state index < -0.39 is 0 Å². The van der Waals surface area contributed by atoms with Gasteiger partial charge in [0.25, 0.3) is 0 Å². The number of rotatable bonds is 5. The first-order valence-electron chi connectivity index (χ1n) is 5.96. The predicted octanol–water partition coefficient (Wildman–Crippen LogP) is 2.67. The fourth-order valence-corrected chi connectivity index (χ4v) is 1.51. The first kappa shape index (κ1) is 13.4. The van der Waals surface area contributed by atoms with Gasteiger partial charge in [0.15, 0.2) is 0 Å². The molecule has 0 saturated heterocycles. The molecule has 0 aliphatic rings. The van der Waals surface area contributed by atoms with Crippen molar-refractivity contribution in [2.45, 2.75) is 19.8 Å². The molecule has 4 heteroatoms. The lowest BCUT2D eigenvalue weighted by Crippen LogP contribution is -2.30. The molecule has 2 amide bonds. The number of amides is 2. The summed E-state index contributed by atoms with van der Waals surface area (Å²) in [5.41, 5.74) is 1.82. The smallest absolute Gasteiger partial charge is 0.319 e. The van der Waals surface area contributed by atoms with Crippen LogP contribution >= 0.6 is 0 Å². The highest BCUT2D eigenvalue weighted by Crippen LogP contribution is 2.22. The average molecular weight is 235 g/mol. The first-order valence-corrected chi connectivity index (χ1v) is 5.96. The molecule has 0 heterocycles. The lowest BCUT2D eigenvalue weighted by atomic mass is 10.2. The zero-order valence-corrected chi connectivity index (χ0v) is 10.8. The number of hydrogen-bond acceptors (Lipinski definition) is 2. The quantitative estimate of drug-likeness (QED) is 0.771. The molecular weight excluding hydrogens is 214 g/mol. The Labute approximate surface area is 103 Å². The minimum absolute atomic E-state index is 0.146. The molecule has 0 saturated carbocycles. The monoisotopic (exact) mass is 235 g/mol. The molecule has 17 heavy (non-hydrogen) atoms. The third kappa shape index (κ3) is 4.34. The van der Waals surface area contributed by atoms with Gasteiger partial charge in [-0.15, -0.1) is 0 Å². The van der Waals surface area contributed by atoms with Gasteiger partial charge < -0.3 is 15.5 Å². The SMILES string of the molecule is CCCCNC(=O)Nc1ccccc1N(C)C. The van der Waals surface area contributed by atoms with E-state index in [1.807, 2.05) is 43.3 Å². The molecule has 0 fully saturated rings. The van der Waals surface area contributed by atoms with Crippen LogP contribution in [0.25, 0.3) is 0 Å². The molecule has 4 nitrogen and oxygen atoms in total. The summed E-state index contributed by atoms with van der Waals surface area (Å²) in [5, 5.41) is 5.69. The molecule has 0 atom stereocenters. The molecule has 1 aromatic rings. The zero-order valence-electron chi connectivity index (χ0n) is 10.8. The molecule has 94 valence electrons. The Morgan fingerprint density at radius 2 is 2.00 bits per heavy atom. The minimum atomic E-state index is -0.146. The van der Waals surface area contributed by atoms with Crippen LogP contribution in [0.4, 0.5) is 16.2 Å². The van der Waals surface area contributed by atoms with Crippen LogP contribution in [0, 0.1) is 0 Å². The summed E-state index contributed by atoms with van der Waals surface area (Å²) in [5.74, 6) is 0. The van der Waals surface area contributed by atoms with Gasteiger partial charge in [0.05, 0.1) is 11.4 Å². The number of para-hydroxylation sites is 2. The fraction of sp³-hybridized carbons (Fsp3) is 0.462. The summed E-state index contributed by atoms with van der Waals surface area (Å²) in [7, 11) is 3.91. The van der Waals surface area contributed by atoms with Crippen molar-refractivity contribution in [1.82, 2.24) is 5.32 Å². The van der Waals surface area contributed by atoms with Crippen molar-refractivity contribution < 1.29 is 4.79 Å². The summed E-state index contributed by atoms with van der Waals surface area (Å²) in [6, 6.07) is 7.59. The third-order valence-electron chi connectivity index (χ3n) is 2.45. The van der Waals surface area contributed by atoms with E-state index >= 15 is 0 Å². The molecule has 0 bridgehead atoms. The summed E-state index contributed by atoms with van der Waals surface area (Å²) in [6.45, 7) is 2.81. The number of carbonyl (C=O) groups excluding carboxylic acids is 1. The van der Waals surface area contributed by atoms with E-state index in [0.717, 1.165) is 24.2 Å². The maximum atomic E-state index is 11.6. The highest BCUT2D eigenvalue weighted by Gasteiger charge is 2.06. The molecular formula is C13H21N3O. The predicted molar refractivity (Wildman–Crippen MR) is 72.7 cm³/mol. The molecule has 0 aliphatic carbocycles. The highest BCUT2D eigenvalue weighted by molar-refractivity contribution is 5.93. The van der Waals surface area contributed by atoms with Crippen LogP contribution in [0.1, 0.15) is 19.8 Å². The second kappa shape index (κ2) is 6.78. The second-order valence-electron chi connectivity index (χ2n) is 4.15. The van der Waals surface area contributed by atoms with E-state index in [-0.39, 0.29) is 6.03 Å². The van der Waals surface area contributed by atoms with Crippen molar-refractivity contribution in [3.8, 4) is 0 Å². The first-order chi connectivity index (χ1) is 8.15. The highest BCUT2D eigenvalue weighted by atomic mass is 16.2. The van der Waals surface area contributed by atoms with Gasteiger partial charge in [-0.05, 0) is 18.6 Å². The lowest BCUT2D eigenvalue weighted by Gasteiger charge is -2.17. The second-order valence-corrected chi connectivity index (χ2v) is 4.15. The van der Waals surface area contributed by atoms with E-state index in [9.17, 15) is 4.79 Å². The van der Waals surface area contributed by atoms with Crippen LogP contribution in [0.5, 0.6) is 0 Å². The van der Waals surface area contributed by atoms with Crippen LogP contribution in [-0.4, -0.2) is 26.7 Å². The van der Waals surface area contributed by atoms with Crippen molar-refractivity contribution in [1.29, 1.82) is 0 Å². The van der Waals surface area contributed by atoms with Crippen LogP contribution in [-0.2, 0) is 0 Å². The zero-order chi connectivity index (χ0) is 12.7. The van der Waals surface area contributed by atoms with Crippen LogP contribution in [0.2, 0.25) is 0 Å². The summed E-state index contributed by atoms with van der Waals surface area (Å²) < 4.78 is 0. The number of hydrogen-bond donors (Lipinski definition) is 2. The molecule has 1 rings (SSSR count). The Morgan fingerprint density at radius 3 is 2.65 bits per heavy atom. The van der Waals surface area contributed by atoms with Crippen LogP contribution < -0.4 is 15.5 Å². The topological polar surface area (TPSA) is 44.4 Å². The number of urea groups is 1. The minimum Gasteiger partial charge on any atom is -0.376 e.